The summed E-state index contributed by atoms with van der Waals surface area (Å²) in [4.78, 5) is 2.10. The van der Waals surface area contributed by atoms with Gasteiger partial charge in [-0.05, 0) is 39.5 Å². The topological polar surface area (TPSA) is 85.9 Å². The largest absolute Gasteiger partial charge is 0.271 e. The van der Waals surface area contributed by atoms with E-state index in [0.717, 1.165) is 25.7 Å². The molecule has 0 aliphatic carbocycles. The van der Waals surface area contributed by atoms with Crippen molar-refractivity contribution < 1.29 is 8.42 Å². The molecule has 0 radical (unpaired) electrons. The fraction of sp³-hybridized carbons (Fsp3) is 0.667. The van der Waals surface area contributed by atoms with E-state index in [4.69, 9.17) is 0 Å². The minimum atomic E-state index is -3.53. The van der Waals surface area contributed by atoms with Gasteiger partial charge >= 0.3 is 0 Å². The van der Waals surface area contributed by atoms with Crippen molar-refractivity contribution in [2.75, 3.05) is 0 Å². The molecule has 4 rings (SSSR count). The SMILES string of the molecule is Cc1nn(C)c(C)c1S(=O)(=O)N1C2CCC1CC(n1nccn1)C2. The second kappa shape index (κ2) is 5.38. The lowest BCUT2D eigenvalue weighted by molar-refractivity contribution is 0.174. The highest BCUT2D eigenvalue weighted by Gasteiger charge is 2.49. The normalized spacial score (nSPS) is 27.7. The summed E-state index contributed by atoms with van der Waals surface area (Å²) in [5.41, 5.74) is 1.27. The first kappa shape index (κ1) is 15.8. The Morgan fingerprint density at radius 2 is 1.62 bits per heavy atom. The molecule has 2 aliphatic heterocycles. The smallest absolute Gasteiger partial charge is 0.247 e. The van der Waals surface area contributed by atoms with Crippen LogP contribution in [0.3, 0.4) is 0 Å². The fourth-order valence-corrected chi connectivity index (χ4v) is 6.63. The van der Waals surface area contributed by atoms with Gasteiger partial charge in [0.1, 0.15) is 4.90 Å². The second-order valence-corrected chi connectivity index (χ2v) is 8.60. The molecule has 0 saturated carbocycles. The van der Waals surface area contributed by atoms with Gasteiger partial charge in [0.2, 0.25) is 10.0 Å². The summed E-state index contributed by atoms with van der Waals surface area (Å²) in [6, 6.07) is 0.215. The Balaban J connectivity index is 1.68. The Kier molecular flexibility index (Phi) is 3.54. The van der Waals surface area contributed by atoms with Crippen LogP contribution in [0, 0.1) is 13.8 Å². The third kappa shape index (κ3) is 2.21. The molecular weight excluding hydrogens is 328 g/mol. The van der Waals surface area contributed by atoms with E-state index >= 15 is 0 Å². The maximum Gasteiger partial charge on any atom is 0.247 e. The predicted molar refractivity (Wildman–Crippen MR) is 86.8 cm³/mol. The quantitative estimate of drug-likeness (QED) is 0.830. The molecule has 2 bridgehead atoms. The number of aryl methyl sites for hydroxylation is 2. The molecule has 130 valence electrons. The van der Waals surface area contributed by atoms with Crippen molar-refractivity contribution in [1.82, 2.24) is 29.1 Å². The van der Waals surface area contributed by atoms with Crippen molar-refractivity contribution >= 4 is 10.0 Å². The summed E-state index contributed by atoms with van der Waals surface area (Å²) in [7, 11) is -1.75. The summed E-state index contributed by atoms with van der Waals surface area (Å²) in [5, 5.41) is 12.8. The number of sulfonamides is 1. The van der Waals surface area contributed by atoms with Gasteiger partial charge < -0.3 is 0 Å². The Labute approximate surface area is 141 Å². The lowest BCUT2D eigenvalue weighted by Gasteiger charge is -2.37. The summed E-state index contributed by atoms with van der Waals surface area (Å²) in [5.74, 6) is 0. The summed E-state index contributed by atoms with van der Waals surface area (Å²) >= 11 is 0. The summed E-state index contributed by atoms with van der Waals surface area (Å²) in [6.45, 7) is 3.58. The molecule has 2 aliphatic rings. The van der Waals surface area contributed by atoms with Gasteiger partial charge in [0.25, 0.3) is 0 Å². The summed E-state index contributed by atoms with van der Waals surface area (Å²) < 4.78 is 30.0. The van der Waals surface area contributed by atoms with Crippen LogP contribution in [0.1, 0.15) is 43.1 Å². The van der Waals surface area contributed by atoms with Crippen LogP contribution in [0.2, 0.25) is 0 Å². The first-order valence-electron chi connectivity index (χ1n) is 8.29. The van der Waals surface area contributed by atoms with Crippen LogP contribution in [0.5, 0.6) is 0 Å². The molecule has 2 aromatic heterocycles. The van der Waals surface area contributed by atoms with Crippen LogP contribution >= 0.6 is 0 Å². The average Bonchev–Trinajstić information content (AvgIpc) is 3.19. The molecule has 0 amide bonds. The van der Waals surface area contributed by atoms with Crippen LogP contribution in [0.15, 0.2) is 17.3 Å². The lowest BCUT2D eigenvalue weighted by Crippen LogP contribution is -2.47. The van der Waals surface area contributed by atoms with E-state index < -0.39 is 10.0 Å². The maximum absolute atomic E-state index is 13.3. The van der Waals surface area contributed by atoms with Gasteiger partial charge in [-0.1, -0.05) is 0 Å². The van der Waals surface area contributed by atoms with Gasteiger partial charge in [0, 0.05) is 19.1 Å². The molecule has 9 heteroatoms. The molecule has 2 fully saturated rings. The van der Waals surface area contributed by atoms with Crippen LogP contribution in [0.25, 0.3) is 0 Å². The third-order valence-electron chi connectivity index (χ3n) is 5.38. The van der Waals surface area contributed by atoms with Crippen molar-refractivity contribution in [1.29, 1.82) is 0 Å². The third-order valence-corrected chi connectivity index (χ3v) is 7.64. The lowest BCUT2D eigenvalue weighted by atomic mass is 10.0. The monoisotopic (exact) mass is 350 g/mol. The minimum absolute atomic E-state index is 0.0174. The number of hydrogen-bond acceptors (Lipinski definition) is 5. The molecular formula is C15H22N6O2S. The van der Waals surface area contributed by atoms with E-state index in [0.29, 0.717) is 16.3 Å². The number of hydrogen-bond donors (Lipinski definition) is 0. The second-order valence-electron chi connectivity index (χ2n) is 6.82. The highest BCUT2D eigenvalue weighted by atomic mass is 32.2. The number of piperidine rings is 1. The van der Waals surface area contributed by atoms with E-state index in [1.807, 2.05) is 6.92 Å². The Morgan fingerprint density at radius 3 is 2.12 bits per heavy atom. The maximum atomic E-state index is 13.3. The molecule has 8 nitrogen and oxygen atoms in total. The zero-order valence-corrected chi connectivity index (χ0v) is 14.9. The van der Waals surface area contributed by atoms with Gasteiger partial charge in [-0.3, -0.25) is 4.68 Å². The minimum Gasteiger partial charge on any atom is -0.271 e. The molecule has 4 heterocycles. The fourth-order valence-electron chi connectivity index (χ4n) is 4.33. The van der Waals surface area contributed by atoms with Crippen LogP contribution in [-0.4, -0.2) is 49.6 Å². The standard InChI is InChI=1S/C15H22N6O2S/c1-10-15(11(2)19(3)18-10)24(22,23)20-12-4-5-13(20)9-14(8-12)21-16-6-7-17-21/h6-7,12-14H,4-5,8-9H2,1-3H3. The van der Waals surface area contributed by atoms with E-state index in [2.05, 4.69) is 15.3 Å². The van der Waals surface area contributed by atoms with E-state index in [-0.39, 0.29) is 18.1 Å². The molecule has 0 spiro atoms. The van der Waals surface area contributed by atoms with E-state index in [1.54, 1.807) is 40.1 Å². The van der Waals surface area contributed by atoms with Crippen LogP contribution in [-0.2, 0) is 17.1 Å². The highest BCUT2D eigenvalue weighted by molar-refractivity contribution is 7.89. The van der Waals surface area contributed by atoms with Gasteiger partial charge in [-0.15, -0.1) is 0 Å². The zero-order chi connectivity index (χ0) is 17.1. The molecule has 2 saturated heterocycles. The molecule has 0 aromatic carbocycles. The number of aromatic nitrogens is 5. The highest BCUT2D eigenvalue weighted by Crippen LogP contribution is 2.44. The first-order valence-corrected chi connectivity index (χ1v) is 9.73. The molecule has 2 aromatic rings. The summed E-state index contributed by atoms with van der Waals surface area (Å²) in [6.07, 6.45) is 6.69. The van der Waals surface area contributed by atoms with Gasteiger partial charge in [0.15, 0.2) is 0 Å². The van der Waals surface area contributed by atoms with Crippen LogP contribution in [0.4, 0.5) is 0 Å². The molecule has 2 atom stereocenters. The van der Waals surface area contributed by atoms with Crippen molar-refractivity contribution in [3.63, 3.8) is 0 Å². The predicted octanol–water partition coefficient (Wildman–Crippen LogP) is 1.19. The van der Waals surface area contributed by atoms with Gasteiger partial charge in [-0.2, -0.15) is 24.4 Å². The number of fused-ring (bicyclic) bond motifs is 2. The van der Waals surface area contributed by atoms with Crippen molar-refractivity contribution in [2.24, 2.45) is 7.05 Å². The molecule has 24 heavy (non-hydrogen) atoms. The average molecular weight is 350 g/mol. The van der Waals surface area contributed by atoms with Crippen molar-refractivity contribution in [3.8, 4) is 0 Å². The van der Waals surface area contributed by atoms with Crippen LogP contribution < -0.4 is 0 Å². The molecule has 0 N–H and O–H groups in total. The Bertz CT molecular complexity index is 843. The van der Waals surface area contributed by atoms with Crippen molar-refractivity contribution in [3.05, 3.63) is 23.8 Å². The van der Waals surface area contributed by atoms with E-state index in [1.165, 1.54) is 0 Å². The number of rotatable bonds is 3. The van der Waals surface area contributed by atoms with E-state index in [9.17, 15) is 8.42 Å². The number of nitrogens with zero attached hydrogens (tertiary/aromatic N) is 6. The molecule has 2 unspecified atom stereocenters. The van der Waals surface area contributed by atoms with Gasteiger partial charge in [-0.25, -0.2) is 8.42 Å². The van der Waals surface area contributed by atoms with Crippen molar-refractivity contribution in [2.45, 2.75) is 62.6 Å². The Hall–Kier alpha value is -1.74. The van der Waals surface area contributed by atoms with Gasteiger partial charge in [0.05, 0.1) is 29.8 Å². The Morgan fingerprint density at radius 1 is 1.04 bits per heavy atom. The zero-order valence-electron chi connectivity index (χ0n) is 14.1. The first-order chi connectivity index (χ1) is 11.4.